The van der Waals surface area contributed by atoms with Crippen molar-refractivity contribution in [2.45, 2.75) is 51.9 Å². The zero-order valence-corrected chi connectivity index (χ0v) is 17.4. The number of hydrogen-bond donors (Lipinski definition) is 1. The number of carbonyl (C=O) groups excluding carboxylic acids is 1. The molecule has 9 heteroatoms. The van der Waals surface area contributed by atoms with Crippen molar-refractivity contribution in [3.8, 4) is 0 Å². The maximum absolute atomic E-state index is 12.7. The Morgan fingerprint density at radius 3 is 2.93 bits per heavy atom. The summed E-state index contributed by atoms with van der Waals surface area (Å²) in [6.45, 7) is 5.45. The number of fused-ring (bicyclic) bond motifs is 3. The van der Waals surface area contributed by atoms with Gasteiger partial charge in [-0.25, -0.2) is 9.97 Å². The van der Waals surface area contributed by atoms with Gasteiger partial charge in [0.15, 0.2) is 0 Å². The molecule has 3 aromatic rings. The van der Waals surface area contributed by atoms with E-state index in [-0.39, 0.29) is 24.7 Å². The lowest BCUT2D eigenvalue weighted by Crippen LogP contribution is -2.49. The summed E-state index contributed by atoms with van der Waals surface area (Å²) in [7, 11) is 0. The van der Waals surface area contributed by atoms with Crippen LogP contribution in [0.5, 0.6) is 0 Å². The highest BCUT2D eigenvalue weighted by atomic mass is 32.1. The Morgan fingerprint density at radius 2 is 2.10 bits per heavy atom. The molecule has 1 aliphatic heterocycles. The summed E-state index contributed by atoms with van der Waals surface area (Å²) in [5, 5.41) is 8.87. The minimum atomic E-state index is 0.0572. The van der Waals surface area contributed by atoms with Crippen LogP contribution in [-0.4, -0.2) is 55.9 Å². The standard InChI is InChI=1S/C20H24N6O2S/c1-12-7-25(8-13(2)28-12)17(27)10-26-9-14(6-23-26)24-19-18-15-4-3-5-16(15)29-20(18)22-11-21-19/h6,9,11-13H,3-5,7-8,10H2,1-2H3,(H,21,22,24). The van der Waals surface area contributed by atoms with E-state index in [9.17, 15) is 4.79 Å². The molecule has 1 fully saturated rings. The number of nitrogens with zero attached hydrogens (tertiary/aromatic N) is 5. The van der Waals surface area contributed by atoms with Gasteiger partial charge in [-0.05, 0) is 38.7 Å². The number of carbonyl (C=O) groups is 1. The van der Waals surface area contributed by atoms with Crippen molar-refractivity contribution in [1.82, 2.24) is 24.6 Å². The maximum atomic E-state index is 12.7. The number of ether oxygens (including phenoxy) is 1. The molecule has 1 amide bonds. The molecule has 1 N–H and O–H groups in total. The number of thiophene rings is 1. The van der Waals surface area contributed by atoms with Gasteiger partial charge in [0.25, 0.3) is 0 Å². The Kier molecular flexibility index (Phi) is 4.71. The first-order valence-corrected chi connectivity index (χ1v) is 10.9. The highest BCUT2D eigenvalue weighted by molar-refractivity contribution is 7.19. The molecule has 0 aromatic carbocycles. The highest BCUT2D eigenvalue weighted by Gasteiger charge is 2.26. The lowest BCUT2D eigenvalue weighted by molar-refractivity contribution is -0.144. The first kappa shape index (κ1) is 18.5. The molecule has 29 heavy (non-hydrogen) atoms. The van der Waals surface area contributed by atoms with Crippen molar-refractivity contribution in [3.63, 3.8) is 0 Å². The van der Waals surface area contributed by atoms with Gasteiger partial charge in [0.2, 0.25) is 5.91 Å². The first-order chi connectivity index (χ1) is 14.1. The van der Waals surface area contributed by atoms with E-state index < -0.39 is 0 Å². The first-order valence-electron chi connectivity index (χ1n) is 10.0. The van der Waals surface area contributed by atoms with Gasteiger partial charge in [0.1, 0.15) is 23.5 Å². The molecule has 0 bridgehead atoms. The molecule has 2 unspecified atom stereocenters. The number of anilines is 2. The molecule has 8 nitrogen and oxygen atoms in total. The summed E-state index contributed by atoms with van der Waals surface area (Å²) in [4.78, 5) is 25.9. The molecule has 2 aliphatic rings. The molecule has 1 aliphatic carbocycles. The van der Waals surface area contributed by atoms with E-state index in [1.165, 1.54) is 16.9 Å². The van der Waals surface area contributed by atoms with E-state index in [0.717, 1.165) is 34.6 Å². The van der Waals surface area contributed by atoms with Crippen LogP contribution >= 0.6 is 11.3 Å². The second-order valence-electron chi connectivity index (χ2n) is 7.87. The van der Waals surface area contributed by atoms with Crippen LogP contribution in [0.4, 0.5) is 11.5 Å². The van der Waals surface area contributed by atoms with Crippen molar-refractivity contribution in [2.75, 3.05) is 18.4 Å². The number of rotatable bonds is 4. The smallest absolute Gasteiger partial charge is 0.244 e. The Hall–Kier alpha value is -2.52. The minimum absolute atomic E-state index is 0.0572. The van der Waals surface area contributed by atoms with Crippen molar-refractivity contribution in [1.29, 1.82) is 0 Å². The van der Waals surface area contributed by atoms with Gasteiger partial charge in [0, 0.05) is 24.2 Å². The van der Waals surface area contributed by atoms with E-state index in [1.807, 2.05) is 24.9 Å². The summed E-state index contributed by atoms with van der Waals surface area (Å²) < 4.78 is 7.38. The van der Waals surface area contributed by atoms with Gasteiger partial charge in [-0.15, -0.1) is 11.3 Å². The summed E-state index contributed by atoms with van der Waals surface area (Å²) >= 11 is 1.77. The molecular weight excluding hydrogens is 388 g/mol. The third-order valence-electron chi connectivity index (χ3n) is 5.47. The van der Waals surface area contributed by atoms with Gasteiger partial charge in [-0.3, -0.25) is 9.48 Å². The fraction of sp³-hybridized carbons (Fsp3) is 0.500. The second kappa shape index (κ2) is 7.38. The van der Waals surface area contributed by atoms with Gasteiger partial charge in [0.05, 0.1) is 29.5 Å². The van der Waals surface area contributed by atoms with Crippen molar-refractivity contribution >= 4 is 39.0 Å². The van der Waals surface area contributed by atoms with E-state index in [4.69, 9.17) is 4.74 Å². The fourth-order valence-corrected chi connectivity index (χ4v) is 5.52. The summed E-state index contributed by atoms with van der Waals surface area (Å²) in [6, 6.07) is 0. The SMILES string of the molecule is CC1CN(C(=O)Cn2cc(Nc3ncnc4sc5c(c34)CCC5)cn2)CC(C)O1. The lowest BCUT2D eigenvalue weighted by atomic mass is 10.2. The maximum Gasteiger partial charge on any atom is 0.244 e. The van der Waals surface area contributed by atoms with Crippen molar-refractivity contribution in [2.24, 2.45) is 0 Å². The second-order valence-corrected chi connectivity index (χ2v) is 8.95. The monoisotopic (exact) mass is 412 g/mol. The molecule has 152 valence electrons. The highest BCUT2D eigenvalue weighted by Crippen LogP contribution is 2.39. The van der Waals surface area contributed by atoms with E-state index in [2.05, 4.69) is 20.4 Å². The third-order valence-corrected chi connectivity index (χ3v) is 6.67. The van der Waals surface area contributed by atoms with Gasteiger partial charge in [-0.1, -0.05) is 0 Å². The molecular formula is C20H24N6O2S. The van der Waals surface area contributed by atoms with Crippen LogP contribution in [0.15, 0.2) is 18.7 Å². The number of morpholine rings is 1. The molecule has 2 atom stereocenters. The zero-order chi connectivity index (χ0) is 20.0. The Labute approximate surface area is 172 Å². The predicted molar refractivity (Wildman–Crippen MR) is 112 cm³/mol. The summed E-state index contributed by atoms with van der Waals surface area (Å²) in [5.74, 6) is 0.873. The molecule has 3 aromatic heterocycles. The van der Waals surface area contributed by atoms with E-state index >= 15 is 0 Å². The van der Waals surface area contributed by atoms with Crippen molar-refractivity contribution < 1.29 is 9.53 Å². The average Bonchev–Trinajstić information content (AvgIpc) is 3.37. The van der Waals surface area contributed by atoms with Crippen LogP contribution in [0.2, 0.25) is 0 Å². The molecule has 0 spiro atoms. The van der Waals surface area contributed by atoms with E-state index in [0.29, 0.717) is 13.1 Å². The third kappa shape index (κ3) is 3.60. The normalized spacial score (nSPS) is 21.5. The average molecular weight is 413 g/mol. The number of aromatic nitrogens is 4. The molecule has 5 rings (SSSR count). The van der Waals surface area contributed by atoms with Crippen LogP contribution in [0.25, 0.3) is 10.2 Å². The Balaban J connectivity index is 1.31. The number of amides is 1. The Morgan fingerprint density at radius 1 is 1.28 bits per heavy atom. The van der Waals surface area contributed by atoms with Gasteiger partial charge >= 0.3 is 0 Å². The Bertz CT molecular complexity index is 1050. The molecule has 1 saturated heterocycles. The van der Waals surface area contributed by atoms with Gasteiger partial charge in [-0.2, -0.15) is 5.10 Å². The van der Waals surface area contributed by atoms with Gasteiger partial charge < -0.3 is 15.0 Å². The minimum Gasteiger partial charge on any atom is -0.372 e. The van der Waals surface area contributed by atoms with Crippen LogP contribution in [-0.2, 0) is 28.9 Å². The van der Waals surface area contributed by atoms with Crippen LogP contribution in [0.3, 0.4) is 0 Å². The van der Waals surface area contributed by atoms with E-state index in [1.54, 1.807) is 28.5 Å². The zero-order valence-electron chi connectivity index (χ0n) is 16.6. The number of hydrogen-bond acceptors (Lipinski definition) is 7. The van der Waals surface area contributed by atoms with Crippen LogP contribution in [0.1, 0.15) is 30.7 Å². The summed E-state index contributed by atoms with van der Waals surface area (Å²) in [5.41, 5.74) is 2.20. The fourth-order valence-electron chi connectivity index (χ4n) is 4.29. The molecule has 0 radical (unpaired) electrons. The summed E-state index contributed by atoms with van der Waals surface area (Å²) in [6.07, 6.45) is 8.73. The van der Waals surface area contributed by atoms with Crippen molar-refractivity contribution in [3.05, 3.63) is 29.2 Å². The predicted octanol–water partition coefficient (Wildman–Crippen LogP) is 2.76. The molecule has 4 heterocycles. The van der Waals surface area contributed by atoms with Crippen LogP contribution in [0, 0.1) is 0 Å². The number of nitrogens with one attached hydrogen (secondary N) is 1. The van der Waals surface area contributed by atoms with Crippen LogP contribution < -0.4 is 5.32 Å². The topological polar surface area (TPSA) is 85.2 Å². The quantitative estimate of drug-likeness (QED) is 0.709. The molecule has 0 saturated carbocycles. The number of aryl methyl sites for hydroxylation is 2. The largest absolute Gasteiger partial charge is 0.372 e. The lowest BCUT2D eigenvalue weighted by Gasteiger charge is -2.35.